The normalized spacial score (nSPS) is 19.9. The number of carbonyl (C=O) groups excluding carboxylic acids is 2. The molecule has 1 aromatic heterocycles. The summed E-state index contributed by atoms with van der Waals surface area (Å²) in [4.78, 5) is 26.0. The number of aromatic nitrogens is 2. The number of nitrogens with zero attached hydrogens (tertiary/aromatic N) is 3. The van der Waals surface area contributed by atoms with Gasteiger partial charge >= 0.3 is 0 Å². The second kappa shape index (κ2) is 5.33. The quantitative estimate of drug-likeness (QED) is 0.894. The van der Waals surface area contributed by atoms with Crippen molar-refractivity contribution in [1.29, 1.82) is 0 Å². The number of nitrogens with one attached hydrogen (secondary N) is 1. The molecule has 1 N–H and O–H groups in total. The zero-order valence-corrected chi connectivity index (χ0v) is 13.8. The first-order chi connectivity index (χ1) is 9.61. The number of amides is 2. The van der Waals surface area contributed by atoms with Gasteiger partial charge in [-0.3, -0.25) is 14.3 Å². The van der Waals surface area contributed by atoms with Crippen LogP contribution in [0.4, 0.5) is 0 Å². The minimum Gasteiger partial charge on any atom is -0.342 e. The Labute approximate surface area is 129 Å². The molecule has 0 radical (unpaired) electrons. The minimum atomic E-state index is -0.521. The van der Waals surface area contributed by atoms with Crippen LogP contribution in [0.25, 0.3) is 0 Å². The molecule has 7 heteroatoms. The number of hydrogen-bond acceptors (Lipinski definition) is 3. The van der Waals surface area contributed by atoms with Gasteiger partial charge < -0.3 is 10.2 Å². The highest BCUT2D eigenvalue weighted by Crippen LogP contribution is 2.26. The van der Waals surface area contributed by atoms with E-state index in [9.17, 15) is 9.59 Å². The van der Waals surface area contributed by atoms with Crippen molar-refractivity contribution in [3.8, 4) is 0 Å². The van der Waals surface area contributed by atoms with E-state index in [0.717, 1.165) is 11.4 Å². The van der Waals surface area contributed by atoms with Crippen LogP contribution in [-0.4, -0.2) is 39.1 Å². The Morgan fingerprint density at radius 1 is 1.38 bits per heavy atom. The van der Waals surface area contributed by atoms with Gasteiger partial charge in [0, 0.05) is 7.05 Å². The summed E-state index contributed by atoms with van der Waals surface area (Å²) in [7, 11) is 1.78. The lowest BCUT2D eigenvalue weighted by Crippen LogP contribution is -2.61. The van der Waals surface area contributed by atoms with E-state index >= 15 is 0 Å². The van der Waals surface area contributed by atoms with Crippen molar-refractivity contribution in [2.24, 2.45) is 12.5 Å². The predicted molar refractivity (Wildman–Crippen MR) is 79.8 cm³/mol. The SMILES string of the molecule is Cc1nn(C)c(CN2CC(=O)NC(C(C)(C)C)C2=O)c1Cl. The lowest BCUT2D eigenvalue weighted by atomic mass is 9.85. The lowest BCUT2D eigenvalue weighted by molar-refractivity contribution is -0.148. The van der Waals surface area contributed by atoms with Gasteiger partial charge in [-0.1, -0.05) is 32.4 Å². The molecule has 1 unspecified atom stereocenters. The summed E-state index contributed by atoms with van der Waals surface area (Å²) in [5.74, 6) is -0.235. The van der Waals surface area contributed by atoms with Crippen LogP contribution < -0.4 is 5.32 Å². The molecular formula is C14H21ClN4O2. The van der Waals surface area contributed by atoms with E-state index in [-0.39, 0.29) is 30.3 Å². The Bertz CT molecular complexity index is 589. The van der Waals surface area contributed by atoms with Crippen LogP contribution in [0, 0.1) is 12.3 Å². The molecule has 1 aromatic rings. The first kappa shape index (κ1) is 15.8. The molecule has 0 aromatic carbocycles. The molecule has 1 saturated heterocycles. The molecule has 1 aliphatic rings. The molecule has 1 fully saturated rings. The molecule has 2 rings (SSSR count). The van der Waals surface area contributed by atoms with E-state index in [4.69, 9.17) is 11.6 Å². The topological polar surface area (TPSA) is 67.2 Å². The van der Waals surface area contributed by atoms with Gasteiger partial charge in [0.1, 0.15) is 12.6 Å². The van der Waals surface area contributed by atoms with Crippen LogP contribution in [0.1, 0.15) is 32.2 Å². The van der Waals surface area contributed by atoms with Crippen LogP contribution in [0.3, 0.4) is 0 Å². The first-order valence-electron chi connectivity index (χ1n) is 6.87. The zero-order chi connectivity index (χ0) is 15.9. The summed E-state index contributed by atoms with van der Waals surface area (Å²) in [6.07, 6.45) is 0. The van der Waals surface area contributed by atoms with Crippen molar-refractivity contribution in [1.82, 2.24) is 20.0 Å². The van der Waals surface area contributed by atoms with Gasteiger partial charge in [0.05, 0.1) is 23.0 Å². The van der Waals surface area contributed by atoms with Crippen molar-refractivity contribution < 1.29 is 9.59 Å². The first-order valence-corrected chi connectivity index (χ1v) is 7.25. The van der Waals surface area contributed by atoms with Crippen LogP contribution in [0.5, 0.6) is 0 Å². The van der Waals surface area contributed by atoms with Crippen molar-refractivity contribution in [3.05, 3.63) is 16.4 Å². The lowest BCUT2D eigenvalue weighted by Gasteiger charge is -2.38. The maximum Gasteiger partial charge on any atom is 0.246 e. The Morgan fingerprint density at radius 3 is 2.48 bits per heavy atom. The van der Waals surface area contributed by atoms with Gasteiger partial charge in [-0.2, -0.15) is 5.10 Å². The van der Waals surface area contributed by atoms with Gasteiger partial charge in [-0.15, -0.1) is 0 Å². The molecule has 0 saturated carbocycles. The van der Waals surface area contributed by atoms with E-state index < -0.39 is 6.04 Å². The van der Waals surface area contributed by atoms with Crippen molar-refractivity contribution in [3.63, 3.8) is 0 Å². The summed E-state index contributed by atoms with van der Waals surface area (Å²) in [6, 6.07) is -0.521. The van der Waals surface area contributed by atoms with Gasteiger partial charge in [-0.05, 0) is 12.3 Å². The highest BCUT2D eigenvalue weighted by atomic mass is 35.5. The third kappa shape index (κ3) is 3.05. The Hall–Kier alpha value is -1.56. The Kier molecular flexibility index (Phi) is 4.02. The molecular weight excluding hydrogens is 292 g/mol. The van der Waals surface area contributed by atoms with Crippen LogP contribution in [0.2, 0.25) is 5.02 Å². The smallest absolute Gasteiger partial charge is 0.246 e. The highest BCUT2D eigenvalue weighted by Gasteiger charge is 2.40. The second-order valence-electron chi connectivity index (χ2n) is 6.53. The molecule has 1 atom stereocenters. The van der Waals surface area contributed by atoms with Gasteiger partial charge in [0.25, 0.3) is 0 Å². The number of aryl methyl sites for hydroxylation is 2. The largest absolute Gasteiger partial charge is 0.342 e. The molecule has 2 amide bonds. The van der Waals surface area contributed by atoms with E-state index in [1.165, 1.54) is 4.90 Å². The van der Waals surface area contributed by atoms with Gasteiger partial charge in [0.2, 0.25) is 11.8 Å². The molecule has 116 valence electrons. The standard InChI is InChI=1S/C14H21ClN4O2/c1-8-11(15)9(18(5)17-8)6-19-7-10(20)16-12(13(19)21)14(2,3)4/h12H,6-7H2,1-5H3,(H,16,20). The predicted octanol–water partition coefficient (Wildman–Crippen LogP) is 1.26. The number of carbonyl (C=O) groups is 2. The van der Waals surface area contributed by atoms with E-state index in [1.54, 1.807) is 11.7 Å². The summed E-state index contributed by atoms with van der Waals surface area (Å²) in [5, 5.41) is 7.55. The Balaban J connectivity index is 2.27. The molecule has 1 aliphatic heterocycles. The minimum absolute atomic E-state index is 0.0476. The molecule has 6 nitrogen and oxygen atoms in total. The van der Waals surface area contributed by atoms with E-state index in [2.05, 4.69) is 10.4 Å². The summed E-state index contributed by atoms with van der Waals surface area (Å²) < 4.78 is 1.66. The zero-order valence-electron chi connectivity index (χ0n) is 13.0. The maximum absolute atomic E-state index is 12.6. The van der Waals surface area contributed by atoms with E-state index in [1.807, 2.05) is 27.7 Å². The van der Waals surface area contributed by atoms with Crippen molar-refractivity contribution in [2.45, 2.75) is 40.3 Å². The van der Waals surface area contributed by atoms with Gasteiger partial charge in [0.15, 0.2) is 0 Å². The third-order valence-electron chi connectivity index (χ3n) is 3.67. The fraction of sp³-hybridized carbons (Fsp3) is 0.643. The third-order valence-corrected chi connectivity index (χ3v) is 4.16. The molecule has 0 spiro atoms. The van der Waals surface area contributed by atoms with Gasteiger partial charge in [-0.25, -0.2) is 0 Å². The summed E-state index contributed by atoms with van der Waals surface area (Å²) in [6.45, 7) is 7.94. The van der Waals surface area contributed by atoms with E-state index in [0.29, 0.717) is 5.02 Å². The number of halogens is 1. The monoisotopic (exact) mass is 312 g/mol. The number of piperazine rings is 1. The van der Waals surface area contributed by atoms with Crippen LogP contribution in [-0.2, 0) is 23.2 Å². The fourth-order valence-corrected chi connectivity index (χ4v) is 2.68. The number of hydrogen-bond donors (Lipinski definition) is 1. The molecule has 0 bridgehead atoms. The molecule has 0 aliphatic carbocycles. The summed E-state index contributed by atoms with van der Waals surface area (Å²) >= 11 is 6.22. The van der Waals surface area contributed by atoms with Crippen molar-refractivity contribution in [2.75, 3.05) is 6.54 Å². The van der Waals surface area contributed by atoms with Crippen molar-refractivity contribution >= 4 is 23.4 Å². The molecule has 2 heterocycles. The average molecular weight is 313 g/mol. The highest BCUT2D eigenvalue weighted by molar-refractivity contribution is 6.31. The average Bonchev–Trinajstić information content (AvgIpc) is 2.58. The van der Waals surface area contributed by atoms with Crippen LogP contribution in [0.15, 0.2) is 0 Å². The maximum atomic E-state index is 12.6. The fourth-order valence-electron chi connectivity index (χ4n) is 2.46. The molecule has 21 heavy (non-hydrogen) atoms. The Morgan fingerprint density at radius 2 is 2.00 bits per heavy atom. The summed E-state index contributed by atoms with van der Waals surface area (Å²) in [5.41, 5.74) is 1.12. The van der Waals surface area contributed by atoms with Crippen LogP contribution >= 0.6 is 11.6 Å². The second-order valence-corrected chi connectivity index (χ2v) is 6.91. The number of rotatable bonds is 2.